The second-order valence-corrected chi connectivity index (χ2v) is 6.57. The highest BCUT2D eigenvalue weighted by molar-refractivity contribution is 7.17. The van der Waals surface area contributed by atoms with Crippen molar-refractivity contribution in [2.45, 2.75) is 0 Å². The minimum absolute atomic E-state index is 0.279. The zero-order valence-electron chi connectivity index (χ0n) is 13.0. The third kappa shape index (κ3) is 2.19. The number of hydrogen-bond acceptors (Lipinski definition) is 4. The Kier molecular flexibility index (Phi) is 3.05. The molecule has 0 fully saturated rings. The molecular formula is C19H12N4OS. The molecule has 0 amide bonds. The second-order valence-electron chi connectivity index (χ2n) is 5.69. The van der Waals surface area contributed by atoms with Crippen LogP contribution in [0, 0.1) is 0 Å². The summed E-state index contributed by atoms with van der Waals surface area (Å²) in [6.07, 6.45) is 0. The average Bonchev–Trinajstić information content (AvgIpc) is 3.28. The van der Waals surface area contributed by atoms with E-state index in [1.165, 1.54) is 15.9 Å². The first-order valence-electron chi connectivity index (χ1n) is 7.82. The molecule has 3 aromatic heterocycles. The van der Waals surface area contributed by atoms with E-state index in [1.807, 2.05) is 53.9 Å². The molecule has 0 aliphatic heterocycles. The van der Waals surface area contributed by atoms with Crippen LogP contribution in [-0.4, -0.2) is 19.6 Å². The van der Waals surface area contributed by atoms with E-state index >= 15 is 0 Å². The van der Waals surface area contributed by atoms with E-state index in [9.17, 15) is 4.79 Å². The zero-order chi connectivity index (χ0) is 16.8. The summed E-state index contributed by atoms with van der Waals surface area (Å²) in [4.78, 5) is 20.8. The van der Waals surface area contributed by atoms with Gasteiger partial charge in [-0.25, -0.2) is 9.78 Å². The van der Waals surface area contributed by atoms with Crippen LogP contribution in [0.2, 0.25) is 0 Å². The zero-order valence-corrected chi connectivity index (χ0v) is 13.8. The summed E-state index contributed by atoms with van der Waals surface area (Å²) in [6.45, 7) is 0. The van der Waals surface area contributed by atoms with E-state index in [4.69, 9.17) is 0 Å². The Labute approximate surface area is 146 Å². The maximum absolute atomic E-state index is 12.4. The first kappa shape index (κ1) is 14.1. The molecule has 6 heteroatoms. The van der Waals surface area contributed by atoms with Gasteiger partial charge in [0.15, 0.2) is 11.5 Å². The summed E-state index contributed by atoms with van der Waals surface area (Å²) in [5.41, 5.74) is 3.33. The summed E-state index contributed by atoms with van der Waals surface area (Å²) >= 11 is 1.51. The molecule has 0 atom stereocenters. The van der Waals surface area contributed by atoms with Crippen LogP contribution in [-0.2, 0) is 0 Å². The van der Waals surface area contributed by atoms with Crippen LogP contribution in [0.3, 0.4) is 0 Å². The molecule has 0 unspecified atom stereocenters. The van der Waals surface area contributed by atoms with Crippen LogP contribution < -0.4 is 5.69 Å². The Morgan fingerprint density at radius 2 is 1.60 bits per heavy atom. The van der Waals surface area contributed by atoms with Crippen molar-refractivity contribution in [1.29, 1.82) is 0 Å². The van der Waals surface area contributed by atoms with Gasteiger partial charge < -0.3 is 0 Å². The molecule has 0 spiro atoms. The van der Waals surface area contributed by atoms with Gasteiger partial charge in [0.1, 0.15) is 4.83 Å². The lowest BCUT2D eigenvalue weighted by Gasteiger charge is -2.00. The lowest BCUT2D eigenvalue weighted by molar-refractivity contribution is 0.887. The van der Waals surface area contributed by atoms with E-state index in [0.717, 1.165) is 26.9 Å². The number of rotatable bonds is 2. The smallest absolute Gasteiger partial charge is 0.297 e. The van der Waals surface area contributed by atoms with Crippen LogP contribution >= 0.6 is 11.3 Å². The Balaban J connectivity index is 1.86. The number of thiophene rings is 1. The lowest BCUT2D eigenvalue weighted by Crippen LogP contribution is -2.16. The van der Waals surface area contributed by atoms with Gasteiger partial charge in [-0.2, -0.15) is 4.52 Å². The summed E-state index contributed by atoms with van der Waals surface area (Å²) in [7, 11) is 0. The minimum Gasteiger partial charge on any atom is -0.297 e. The summed E-state index contributed by atoms with van der Waals surface area (Å²) in [6, 6.07) is 19.8. The molecule has 2 aromatic carbocycles. The third-order valence-corrected chi connectivity index (χ3v) is 5.05. The SMILES string of the molecule is O=c1[nH]c2scc(-c3ccccc3)c2c2nc(-c3ccccc3)nn12. The Morgan fingerprint density at radius 1 is 0.920 bits per heavy atom. The van der Waals surface area contributed by atoms with Crippen molar-refractivity contribution in [1.82, 2.24) is 19.6 Å². The van der Waals surface area contributed by atoms with Gasteiger partial charge in [0.25, 0.3) is 0 Å². The minimum atomic E-state index is -0.279. The Morgan fingerprint density at radius 3 is 2.32 bits per heavy atom. The number of aromatic amines is 1. The molecule has 5 aromatic rings. The van der Waals surface area contributed by atoms with Gasteiger partial charge in [-0.05, 0) is 5.56 Å². The van der Waals surface area contributed by atoms with Gasteiger partial charge in [0, 0.05) is 16.5 Å². The predicted molar refractivity (Wildman–Crippen MR) is 99.9 cm³/mol. The van der Waals surface area contributed by atoms with Crippen molar-refractivity contribution in [3.8, 4) is 22.5 Å². The van der Waals surface area contributed by atoms with Crippen molar-refractivity contribution < 1.29 is 0 Å². The number of fused-ring (bicyclic) bond motifs is 3. The number of H-pyrrole nitrogens is 1. The van der Waals surface area contributed by atoms with Crippen LogP contribution in [0.4, 0.5) is 0 Å². The fourth-order valence-electron chi connectivity index (χ4n) is 2.98. The van der Waals surface area contributed by atoms with E-state index in [-0.39, 0.29) is 5.69 Å². The monoisotopic (exact) mass is 344 g/mol. The molecule has 0 saturated carbocycles. The molecule has 1 N–H and O–H groups in total. The fourth-order valence-corrected chi connectivity index (χ4v) is 3.93. The molecule has 3 heterocycles. The second kappa shape index (κ2) is 5.39. The van der Waals surface area contributed by atoms with Crippen molar-refractivity contribution in [3.63, 3.8) is 0 Å². The quantitative estimate of drug-likeness (QED) is 0.527. The highest BCUT2D eigenvalue weighted by atomic mass is 32.1. The topological polar surface area (TPSA) is 63.0 Å². The van der Waals surface area contributed by atoms with Crippen LogP contribution in [0.25, 0.3) is 38.4 Å². The number of hydrogen-bond donors (Lipinski definition) is 1. The first-order valence-corrected chi connectivity index (χ1v) is 8.70. The Hall–Kier alpha value is -3.25. The van der Waals surface area contributed by atoms with Gasteiger partial charge in [-0.3, -0.25) is 4.98 Å². The van der Waals surface area contributed by atoms with Crippen LogP contribution in [0.5, 0.6) is 0 Å². The molecule has 0 aliphatic rings. The van der Waals surface area contributed by atoms with Crippen molar-refractivity contribution in [2.75, 3.05) is 0 Å². The molecular weight excluding hydrogens is 332 g/mol. The third-order valence-electron chi connectivity index (χ3n) is 4.15. The molecule has 5 rings (SSSR count). The molecule has 25 heavy (non-hydrogen) atoms. The summed E-state index contributed by atoms with van der Waals surface area (Å²) in [5, 5.41) is 7.38. The van der Waals surface area contributed by atoms with Crippen LogP contribution in [0.1, 0.15) is 0 Å². The number of nitrogens with zero attached hydrogens (tertiary/aromatic N) is 3. The maximum Gasteiger partial charge on any atom is 0.349 e. The molecule has 0 aliphatic carbocycles. The largest absolute Gasteiger partial charge is 0.349 e. The normalized spacial score (nSPS) is 11.4. The van der Waals surface area contributed by atoms with Crippen molar-refractivity contribution in [2.24, 2.45) is 0 Å². The maximum atomic E-state index is 12.4. The highest BCUT2D eigenvalue weighted by Gasteiger charge is 2.17. The average molecular weight is 344 g/mol. The molecule has 0 saturated heterocycles. The molecule has 0 bridgehead atoms. The predicted octanol–water partition coefficient (Wildman–Crippen LogP) is 3.97. The van der Waals surface area contributed by atoms with Gasteiger partial charge in [-0.15, -0.1) is 16.4 Å². The van der Waals surface area contributed by atoms with E-state index in [1.54, 1.807) is 0 Å². The van der Waals surface area contributed by atoms with Crippen LogP contribution in [0.15, 0.2) is 70.8 Å². The highest BCUT2D eigenvalue weighted by Crippen LogP contribution is 2.34. The fraction of sp³-hybridized carbons (Fsp3) is 0. The van der Waals surface area contributed by atoms with E-state index in [2.05, 4.69) is 27.2 Å². The van der Waals surface area contributed by atoms with Gasteiger partial charge in [0.05, 0.1) is 5.39 Å². The summed E-state index contributed by atoms with van der Waals surface area (Å²) < 4.78 is 1.35. The lowest BCUT2D eigenvalue weighted by atomic mass is 10.1. The van der Waals surface area contributed by atoms with Gasteiger partial charge >= 0.3 is 5.69 Å². The molecule has 5 nitrogen and oxygen atoms in total. The number of benzene rings is 2. The first-order chi connectivity index (χ1) is 12.3. The van der Waals surface area contributed by atoms with Crippen molar-refractivity contribution in [3.05, 3.63) is 76.5 Å². The van der Waals surface area contributed by atoms with E-state index < -0.39 is 0 Å². The Bertz CT molecular complexity index is 1250. The molecule has 0 radical (unpaired) electrons. The summed E-state index contributed by atoms with van der Waals surface area (Å²) in [5.74, 6) is 0.545. The van der Waals surface area contributed by atoms with E-state index in [0.29, 0.717) is 11.5 Å². The van der Waals surface area contributed by atoms with Crippen molar-refractivity contribution >= 4 is 27.2 Å². The standard InChI is InChI=1S/C19H12N4OS/c24-19-21-18-15(14(11-25-18)12-7-3-1-4-8-12)17-20-16(22-23(17)19)13-9-5-2-6-10-13/h1-11H,(H,21,24). The number of nitrogens with one attached hydrogen (secondary N) is 1. The number of aromatic nitrogens is 4. The van der Waals surface area contributed by atoms with Gasteiger partial charge in [-0.1, -0.05) is 60.7 Å². The molecule has 120 valence electrons. The van der Waals surface area contributed by atoms with Gasteiger partial charge in [0.2, 0.25) is 0 Å².